The van der Waals surface area contributed by atoms with Crippen LogP contribution in [0.25, 0.3) is 22.3 Å². The molecule has 1 aliphatic rings. The van der Waals surface area contributed by atoms with Crippen LogP contribution >= 0.6 is 11.6 Å². The van der Waals surface area contributed by atoms with E-state index in [-0.39, 0.29) is 0 Å². The molecule has 0 aliphatic carbocycles. The number of fused-ring (bicyclic) bond motifs is 2. The van der Waals surface area contributed by atoms with Gasteiger partial charge in [0.2, 0.25) is 0 Å². The minimum absolute atomic E-state index is 0.692. The van der Waals surface area contributed by atoms with Gasteiger partial charge in [0, 0.05) is 40.6 Å². The Balaban J connectivity index is 1.75. The van der Waals surface area contributed by atoms with E-state index in [9.17, 15) is 0 Å². The normalized spacial score (nSPS) is 13.2. The molecule has 4 aromatic rings. The van der Waals surface area contributed by atoms with Gasteiger partial charge in [0.05, 0.1) is 5.52 Å². The fraction of sp³-hybridized carbons (Fsp3) is 0.136. The molecule has 2 aromatic heterocycles. The molecule has 0 fully saturated rings. The maximum atomic E-state index is 6.19. The summed E-state index contributed by atoms with van der Waals surface area (Å²) >= 11 is 6.19. The van der Waals surface area contributed by atoms with Gasteiger partial charge >= 0.3 is 0 Å². The number of aryl methyl sites for hydroxylation is 1. The molecule has 0 N–H and O–H groups in total. The van der Waals surface area contributed by atoms with Gasteiger partial charge < -0.3 is 4.90 Å². The number of halogens is 1. The summed E-state index contributed by atoms with van der Waals surface area (Å²) in [6.45, 7) is 2.97. The molecule has 0 radical (unpaired) electrons. The van der Waals surface area contributed by atoms with Crippen molar-refractivity contribution in [2.24, 2.45) is 0 Å². The molecule has 0 bridgehead atoms. The average Bonchev–Trinajstić information content (AvgIpc) is 3.10. The number of rotatable bonds is 2. The predicted molar refractivity (Wildman–Crippen MR) is 110 cm³/mol. The van der Waals surface area contributed by atoms with E-state index in [1.165, 1.54) is 11.1 Å². The number of aromatic nitrogens is 3. The largest absolute Gasteiger partial charge is 0.325 e. The van der Waals surface area contributed by atoms with Crippen LogP contribution in [0.1, 0.15) is 11.1 Å². The van der Waals surface area contributed by atoms with Gasteiger partial charge in [-0.3, -0.25) is 4.98 Å². The number of pyridine rings is 1. The third kappa shape index (κ3) is 2.82. The van der Waals surface area contributed by atoms with Gasteiger partial charge in [0.15, 0.2) is 5.82 Å². The van der Waals surface area contributed by atoms with Gasteiger partial charge in [-0.15, -0.1) is 0 Å². The lowest BCUT2D eigenvalue weighted by Gasteiger charge is -2.21. The molecular formula is C22H17ClN4. The maximum Gasteiger partial charge on any atom is 0.163 e. The Labute approximate surface area is 162 Å². The standard InChI is InChI=1S/C22H17ClN4/c1-14-4-6-19-18(11-14)22(26-21(25-19)16-3-2-9-24-13-16)27-10-8-15-12-17(23)5-7-20(15)27/h2-7,9,11-13H,8,10H2,1H3. The first-order chi connectivity index (χ1) is 13.2. The van der Waals surface area contributed by atoms with E-state index in [2.05, 4.69) is 41.1 Å². The number of benzene rings is 2. The third-order valence-electron chi connectivity index (χ3n) is 4.94. The second-order valence-corrected chi connectivity index (χ2v) is 7.24. The predicted octanol–water partition coefficient (Wildman–Crippen LogP) is 5.35. The zero-order valence-corrected chi connectivity index (χ0v) is 15.6. The zero-order valence-electron chi connectivity index (χ0n) is 14.9. The molecule has 0 amide bonds. The average molecular weight is 373 g/mol. The van der Waals surface area contributed by atoms with Crippen molar-refractivity contribution < 1.29 is 0 Å². The number of hydrogen-bond acceptors (Lipinski definition) is 4. The maximum absolute atomic E-state index is 6.19. The van der Waals surface area contributed by atoms with Gasteiger partial charge in [0.1, 0.15) is 5.82 Å². The molecule has 0 spiro atoms. The van der Waals surface area contributed by atoms with Crippen LogP contribution < -0.4 is 4.90 Å². The minimum Gasteiger partial charge on any atom is -0.325 e. The van der Waals surface area contributed by atoms with Crippen LogP contribution in [-0.4, -0.2) is 21.5 Å². The molecule has 3 heterocycles. The summed E-state index contributed by atoms with van der Waals surface area (Å²) in [5.41, 5.74) is 5.46. The molecule has 0 unspecified atom stereocenters. The first-order valence-electron chi connectivity index (χ1n) is 8.94. The van der Waals surface area contributed by atoms with Gasteiger partial charge in [-0.25, -0.2) is 9.97 Å². The van der Waals surface area contributed by atoms with E-state index in [4.69, 9.17) is 21.6 Å². The Morgan fingerprint density at radius 1 is 1.04 bits per heavy atom. The molecule has 4 nitrogen and oxygen atoms in total. The molecule has 5 heteroatoms. The lowest BCUT2D eigenvalue weighted by molar-refractivity contribution is 0.976. The summed E-state index contributed by atoms with van der Waals surface area (Å²) in [5.74, 6) is 1.63. The third-order valence-corrected chi connectivity index (χ3v) is 5.18. The van der Waals surface area contributed by atoms with Crippen LogP contribution in [0.5, 0.6) is 0 Å². The summed E-state index contributed by atoms with van der Waals surface area (Å²) < 4.78 is 0. The molecule has 5 rings (SSSR count). The summed E-state index contributed by atoms with van der Waals surface area (Å²) in [7, 11) is 0. The lowest BCUT2D eigenvalue weighted by atomic mass is 10.1. The summed E-state index contributed by atoms with van der Waals surface area (Å²) in [4.78, 5) is 16.2. The number of anilines is 2. The highest BCUT2D eigenvalue weighted by molar-refractivity contribution is 6.30. The zero-order chi connectivity index (χ0) is 18.4. The van der Waals surface area contributed by atoms with Crippen molar-refractivity contribution in [2.75, 3.05) is 11.4 Å². The molecule has 0 saturated carbocycles. The van der Waals surface area contributed by atoms with Crippen molar-refractivity contribution >= 4 is 34.0 Å². The van der Waals surface area contributed by atoms with Gasteiger partial charge in [-0.05, 0) is 61.4 Å². The molecule has 0 saturated heterocycles. The Bertz CT molecular complexity index is 1160. The van der Waals surface area contributed by atoms with E-state index in [0.29, 0.717) is 5.82 Å². The second kappa shape index (κ2) is 6.32. The topological polar surface area (TPSA) is 41.9 Å². The second-order valence-electron chi connectivity index (χ2n) is 6.81. The van der Waals surface area contributed by atoms with Crippen molar-refractivity contribution in [3.63, 3.8) is 0 Å². The molecule has 0 atom stereocenters. The fourth-order valence-electron chi connectivity index (χ4n) is 3.65. The molecular weight excluding hydrogens is 356 g/mol. The van der Waals surface area contributed by atoms with Crippen LogP contribution in [0.15, 0.2) is 60.9 Å². The van der Waals surface area contributed by atoms with E-state index >= 15 is 0 Å². The molecule has 1 aliphatic heterocycles. The first-order valence-corrected chi connectivity index (χ1v) is 9.31. The highest BCUT2D eigenvalue weighted by Crippen LogP contribution is 2.38. The minimum atomic E-state index is 0.692. The Kier molecular flexibility index (Phi) is 3.80. The Hall–Kier alpha value is -2.98. The summed E-state index contributed by atoms with van der Waals surface area (Å²) in [6.07, 6.45) is 4.52. The molecule has 132 valence electrons. The first kappa shape index (κ1) is 16.2. The van der Waals surface area contributed by atoms with E-state index < -0.39 is 0 Å². The highest BCUT2D eigenvalue weighted by Gasteiger charge is 2.24. The fourth-order valence-corrected chi connectivity index (χ4v) is 3.84. The van der Waals surface area contributed by atoms with Gasteiger partial charge in [0.25, 0.3) is 0 Å². The van der Waals surface area contributed by atoms with Crippen molar-refractivity contribution in [2.45, 2.75) is 13.3 Å². The van der Waals surface area contributed by atoms with Crippen molar-refractivity contribution in [1.29, 1.82) is 0 Å². The van der Waals surface area contributed by atoms with Gasteiger partial charge in [-0.1, -0.05) is 23.2 Å². The Morgan fingerprint density at radius 2 is 1.96 bits per heavy atom. The van der Waals surface area contributed by atoms with Crippen LogP contribution in [-0.2, 0) is 6.42 Å². The van der Waals surface area contributed by atoms with Crippen molar-refractivity contribution in [3.05, 3.63) is 77.1 Å². The molecule has 27 heavy (non-hydrogen) atoms. The van der Waals surface area contributed by atoms with Crippen LogP contribution in [0, 0.1) is 6.92 Å². The van der Waals surface area contributed by atoms with Crippen molar-refractivity contribution in [3.8, 4) is 11.4 Å². The number of nitrogens with zero attached hydrogens (tertiary/aromatic N) is 4. The summed E-state index contributed by atoms with van der Waals surface area (Å²) in [5, 5.41) is 1.83. The van der Waals surface area contributed by atoms with Crippen LogP contribution in [0.2, 0.25) is 5.02 Å². The monoisotopic (exact) mass is 372 g/mol. The highest BCUT2D eigenvalue weighted by atomic mass is 35.5. The smallest absolute Gasteiger partial charge is 0.163 e. The van der Waals surface area contributed by atoms with E-state index in [1.807, 2.05) is 24.3 Å². The van der Waals surface area contributed by atoms with Crippen molar-refractivity contribution in [1.82, 2.24) is 15.0 Å². The number of hydrogen-bond donors (Lipinski definition) is 0. The Morgan fingerprint density at radius 3 is 2.81 bits per heavy atom. The van der Waals surface area contributed by atoms with Gasteiger partial charge in [-0.2, -0.15) is 0 Å². The molecule has 2 aromatic carbocycles. The van der Waals surface area contributed by atoms with E-state index in [1.54, 1.807) is 12.4 Å². The quantitative estimate of drug-likeness (QED) is 0.475. The lowest BCUT2D eigenvalue weighted by Crippen LogP contribution is -2.16. The van der Waals surface area contributed by atoms with Crippen LogP contribution in [0.3, 0.4) is 0 Å². The van der Waals surface area contributed by atoms with Crippen LogP contribution in [0.4, 0.5) is 11.5 Å². The SMILES string of the molecule is Cc1ccc2nc(-c3cccnc3)nc(N3CCc4cc(Cl)ccc43)c2c1. The van der Waals surface area contributed by atoms with E-state index in [0.717, 1.165) is 46.0 Å². The summed E-state index contributed by atoms with van der Waals surface area (Å²) in [6, 6.07) is 16.3.